The molecule has 1 fully saturated rings. The first-order valence-electron chi connectivity index (χ1n) is 10.5. The molecule has 4 rings (SSSR count). The van der Waals surface area contributed by atoms with Crippen LogP contribution in [-0.2, 0) is 16.0 Å². The fourth-order valence-corrected chi connectivity index (χ4v) is 4.29. The van der Waals surface area contributed by atoms with Crippen molar-refractivity contribution in [1.82, 2.24) is 9.80 Å². The lowest BCUT2D eigenvalue weighted by Gasteiger charge is -2.40. The van der Waals surface area contributed by atoms with Gasteiger partial charge in [-0.15, -0.1) is 0 Å². The number of hydrogen-bond donors (Lipinski definition) is 0. The molecule has 1 unspecified atom stereocenters. The second-order valence-electron chi connectivity index (χ2n) is 9.47. The lowest BCUT2D eigenvalue weighted by molar-refractivity contribution is -0.137. The Morgan fingerprint density at radius 2 is 1.73 bits per heavy atom. The molecule has 2 aliphatic rings. The molecule has 2 heterocycles. The molecule has 2 aromatic carbocycles. The van der Waals surface area contributed by atoms with Crippen LogP contribution in [0, 0.1) is 5.41 Å². The number of amides is 2. The van der Waals surface area contributed by atoms with Gasteiger partial charge < -0.3 is 9.80 Å². The van der Waals surface area contributed by atoms with Gasteiger partial charge >= 0.3 is 0 Å². The lowest BCUT2D eigenvalue weighted by Crippen LogP contribution is -2.59. The Labute approximate surface area is 177 Å². The third-order valence-electron chi connectivity index (χ3n) is 5.86. The number of rotatable bonds is 2. The summed E-state index contributed by atoms with van der Waals surface area (Å²) in [5, 5.41) is 0. The van der Waals surface area contributed by atoms with Crippen molar-refractivity contribution in [2.45, 2.75) is 39.7 Å². The largest absolute Gasteiger partial charge is 0.338 e. The van der Waals surface area contributed by atoms with Gasteiger partial charge in [0.1, 0.15) is 6.04 Å². The summed E-state index contributed by atoms with van der Waals surface area (Å²) in [6, 6.07) is 15.1. The van der Waals surface area contributed by atoms with Gasteiger partial charge in [0, 0.05) is 38.0 Å². The molecule has 1 saturated heterocycles. The monoisotopic (exact) mass is 404 g/mol. The summed E-state index contributed by atoms with van der Waals surface area (Å²) >= 11 is 0. The molecule has 5 heteroatoms. The van der Waals surface area contributed by atoms with Crippen molar-refractivity contribution in [3.8, 4) is 11.1 Å². The molecule has 2 aliphatic heterocycles. The van der Waals surface area contributed by atoms with Crippen LogP contribution in [0.3, 0.4) is 0 Å². The first-order valence-corrected chi connectivity index (χ1v) is 10.5. The van der Waals surface area contributed by atoms with E-state index in [4.69, 9.17) is 0 Å². The standard InChI is InChI=1S/C25H28N2O3/c1-25(2,3)15-23(29)26-11-12-27-21(16-26)22(28)14-19-10-9-18(13-20(19)24(27)30)17-7-5-4-6-8-17/h4-10,13,21H,11-12,14-16H2,1-3H3. The van der Waals surface area contributed by atoms with Gasteiger partial charge in [0.05, 0.1) is 0 Å². The van der Waals surface area contributed by atoms with E-state index in [2.05, 4.69) is 0 Å². The predicted octanol–water partition coefficient (Wildman–Crippen LogP) is 3.57. The summed E-state index contributed by atoms with van der Waals surface area (Å²) in [5.74, 6) is -0.0557. The summed E-state index contributed by atoms with van der Waals surface area (Å²) in [6.45, 7) is 7.24. The van der Waals surface area contributed by atoms with Crippen LogP contribution in [0.25, 0.3) is 11.1 Å². The van der Waals surface area contributed by atoms with E-state index < -0.39 is 6.04 Å². The number of nitrogens with zero attached hydrogens (tertiary/aromatic N) is 2. The summed E-state index contributed by atoms with van der Waals surface area (Å²) in [5.41, 5.74) is 3.26. The minimum absolute atomic E-state index is 0.00261. The first-order chi connectivity index (χ1) is 14.2. The van der Waals surface area contributed by atoms with Crippen LogP contribution in [-0.4, -0.2) is 53.1 Å². The van der Waals surface area contributed by atoms with Crippen LogP contribution in [0.2, 0.25) is 0 Å². The SMILES string of the molecule is CC(C)(C)CC(=O)N1CCN2C(=O)c3cc(-c4ccccc4)ccc3CC(=O)C2C1. The molecule has 0 bridgehead atoms. The highest BCUT2D eigenvalue weighted by atomic mass is 16.2. The Kier molecular flexibility index (Phi) is 5.22. The highest BCUT2D eigenvalue weighted by molar-refractivity contribution is 6.04. The van der Waals surface area contributed by atoms with Gasteiger partial charge in [0.15, 0.2) is 5.78 Å². The average molecular weight is 405 g/mol. The quantitative estimate of drug-likeness (QED) is 0.769. The van der Waals surface area contributed by atoms with E-state index >= 15 is 0 Å². The van der Waals surface area contributed by atoms with Crippen molar-refractivity contribution in [3.05, 3.63) is 59.7 Å². The van der Waals surface area contributed by atoms with Crippen molar-refractivity contribution in [2.75, 3.05) is 19.6 Å². The Balaban J connectivity index is 1.60. The second-order valence-corrected chi connectivity index (χ2v) is 9.47. The number of benzene rings is 2. The lowest BCUT2D eigenvalue weighted by atomic mass is 9.91. The molecular weight excluding hydrogens is 376 g/mol. The van der Waals surface area contributed by atoms with Crippen LogP contribution in [0.4, 0.5) is 0 Å². The predicted molar refractivity (Wildman–Crippen MR) is 116 cm³/mol. The molecule has 2 amide bonds. The normalized spacial score (nSPS) is 19.2. The molecule has 30 heavy (non-hydrogen) atoms. The number of piperazine rings is 1. The van der Waals surface area contributed by atoms with Crippen molar-refractivity contribution in [3.63, 3.8) is 0 Å². The maximum Gasteiger partial charge on any atom is 0.254 e. The maximum absolute atomic E-state index is 13.4. The van der Waals surface area contributed by atoms with Gasteiger partial charge in [-0.2, -0.15) is 0 Å². The molecule has 0 saturated carbocycles. The van der Waals surface area contributed by atoms with Crippen molar-refractivity contribution >= 4 is 17.6 Å². The number of Topliss-reactive ketones (excluding diaryl/α,β-unsaturated/α-hetero) is 1. The zero-order valence-corrected chi connectivity index (χ0v) is 17.9. The summed E-state index contributed by atoms with van der Waals surface area (Å²) in [7, 11) is 0. The summed E-state index contributed by atoms with van der Waals surface area (Å²) in [4.78, 5) is 42.5. The molecule has 0 aliphatic carbocycles. The Hall–Kier alpha value is -2.95. The smallest absolute Gasteiger partial charge is 0.254 e. The molecule has 0 spiro atoms. The molecule has 0 aromatic heterocycles. The average Bonchev–Trinajstić information content (AvgIpc) is 2.82. The van der Waals surface area contributed by atoms with E-state index in [1.165, 1.54) is 0 Å². The van der Waals surface area contributed by atoms with Gasteiger partial charge in [-0.25, -0.2) is 0 Å². The second kappa shape index (κ2) is 7.71. The van der Waals surface area contributed by atoms with E-state index in [1.54, 1.807) is 9.80 Å². The minimum Gasteiger partial charge on any atom is -0.338 e. The fraction of sp³-hybridized carbons (Fsp3) is 0.400. The Bertz CT molecular complexity index is 991. The third kappa shape index (κ3) is 4.02. The molecule has 5 nitrogen and oxygen atoms in total. The highest BCUT2D eigenvalue weighted by Gasteiger charge is 2.40. The Morgan fingerprint density at radius 3 is 2.43 bits per heavy atom. The number of ketones is 1. The van der Waals surface area contributed by atoms with Crippen molar-refractivity contribution < 1.29 is 14.4 Å². The molecule has 0 N–H and O–H groups in total. The van der Waals surface area contributed by atoms with Crippen LogP contribution >= 0.6 is 0 Å². The van der Waals surface area contributed by atoms with Crippen LogP contribution in [0.15, 0.2) is 48.5 Å². The number of carbonyl (C=O) groups is 3. The van der Waals surface area contributed by atoms with Gasteiger partial charge in [0.25, 0.3) is 5.91 Å². The minimum atomic E-state index is -0.567. The first kappa shape index (κ1) is 20.3. The fourth-order valence-electron chi connectivity index (χ4n) is 4.29. The van der Waals surface area contributed by atoms with Gasteiger partial charge in [0.2, 0.25) is 5.91 Å². The highest BCUT2D eigenvalue weighted by Crippen LogP contribution is 2.29. The third-order valence-corrected chi connectivity index (χ3v) is 5.86. The number of fused-ring (bicyclic) bond motifs is 2. The van der Waals surface area contributed by atoms with E-state index in [0.29, 0.717) is 31.6 Å². The molecule has 1 atom stereocenters. The van der Waals surface area contributed by atoms with E-state index in [-0.39, 0.29) is 29.4 Å². The van der Waals surface area contributed by atoms with Crippen LogP contribution < -0.4 is 0 Å². The van der Waals surface area contributed by atoms with Crippen LogP contribution in [0.1, 0.15) is 43.1 Å². The van der Waals surface area contributed by atoms with E-state index in [9.17, 15) is 14.4 Å². The van der Waals surface area contributed by atoms with E-state index in [0.717, 1.165) is 16.7 Å². The number of carbonyl (C=O) groups excluding carboxylic acids is 3. The van der Waals surface area contributed by atoms with E-state index in [1.807, 2.05) is 69.3 Å². The summed E-state index contributed by atoms with van der Waals surface area (Å²) < 4.78 is 0. The van der Waals surface area contributed by atoms with Crippen molar-refractivity contribution in [2.24, 2.45) is 5.41 Å². The maximum atomic E-state index is 13.4. The van der Waals surface area contributed by atoms with Gasteiger partial charge in [-0.05, 0) is 28.2 Å². The molecule has 0 radical (unpaired) electrons. The Morgan fingerprint density at radius 1 is 1.00 bits per heavy atom. The van der Waals surface area contributed by atoms with Crippen LogP contribution in [0.5, 0.6) is 0 Å². The number of hydrogen-bond acceptors (Lipinski definition) is 3. The van der Waals surface area contributed by atoms with Crippen molar-refractivity contribution in [1.29, 1.82) is 0 Å². The topological polar surface area (TPSA) is 57.7 Å². The van der Waals surface area contributed by atoms with Gasteiger partial charge in [-0.1, -0.05) is 63.2 Å². The molecule has 2 aromatic rings. The zero-order valence-electron chi connectivity index (χ0n) is 17.9. The molecule has 156 valence electrons. The summed E-state index contributed by atoms with van der Waals surface area (Å²) in [6.07, 6.45) is 0.654. The zero-order chi connectivity index (χ0) is 21.5. The van der Waals surface area contributed by atoms with Gasteiger partial charge in [-0.3, -0.25) is 14.4 Å². The molecular formula is C25H28N2O3.